The summed E-state index contributed by atoms with van der Waals surface area (Å²) in [6, 6.07) is 12.2. The highest BCUT2D eigenvalue weighted by molar-refractivity contribution is 5.94. The molecule has 18 heavy (non-hydrogen) atoms. The van der Waals surface area contributed by atoms with Crippen molar-refractivity contribution in [3.8, 4) is 11.3 Å². The standard InChI is InChI=1S/C15H14N2O/c1-17(2)15-9-14(11-7-8-18-10-11)16-13-6-4-3-5-12(13)15/h3-10H,1-2H3. The van der Waals surface area contributed by atoms with Crippen LogP contribution in [0.15, 0.2) is 53.3 Å². The average molecular weight is 238 g/mol. The summed E-state index contributed by atoms with van der Waals surface area (Å²) in [5.74, 6) is 0. The van der Waals surface area contributed by atoms with Crippen LogP contribution in [0.25, 0.3) is 22.2 Å². The number of benzene rings is 1. The Morgan fingerprint density at radius 1 is 1.11 bits per heavy atom. The fourth-order valence-corrected chi connectivity index (χ4v) is 2.09. The lowest BCUT2D eigenvalue weighted by molar-refractivity contribution is 0.568. The summed E-state index contributed by atoms with van der Waals surface area (Å²) in [6.45, 7) is 0. The van der Waals surface area contributed by atoms with Gasteiger partial charge in [-0.25, -0.2) is 4.98 Å². The first-order chi connectivity index (χ1) is 8.75. The van der Waals surface area contributed by atoms with E-state index in [4.69, 9.17) is 4.42 Å². The second kappa shape index (κ2) is 4.18. The lowest BCUT2D eigenvalue weighted by Crippen LogP contribution is -2.09. The van der Waals surface area contributed by atoms with Crippen LogP contribution in [0, 0.1) is 0 Å². The van der Waals surface area contributed by atoms with Crippen LogP contribution in [0.1, 0.15) is 0 Å². The van der Waals surface area contributed by atoms with Crippen molar-refractivity contribution in [2.75, 3.05) is 19.0 Å². The molecule has 1 aromatic carbocycles. The van der Waals surface area contributed by atoms with Crippen molar-refractivity contribution in [3.05, 3.63) is 48.9 Å². The predicted octanol–water partition coefficient (Wildman–Crippen LogP) is 3.56. The molecule has 2 heterocycles. The van der Waals surface area contributed by atoms with Crippen molar-refractivity contribution in [2.45, 2.75) is 0 Å². The maximum absolute atomic E-state index is 5.13. The van der Waals surface area contributed by atoms with Gasteiger partial charge in [-0.15, -0.1) is 0 Å². The third kappa shape index (κ3) is 1.74. The zero-order valence-corrected chi connectivity index (χ0v) is 10.4. The summed E-state index contributed by atoms with van der Waals surface area (Å²) in [5, 5.41) is 1.16. The van der Waals surface area contributed by atoms with Crippen molar-refractivity contribution >= 4 is 16.6 Å². The minimum Gasteiger partial charge on any atom is -0.472 e. The molecule has 0 aliphatic rings. The number of nitrogens with zero attached hydrogens (tertiary/aromatic N) is 2. The minimum absolute atomic E-state index is 0.936. The topological polar surface area (TPSA) is 29.3 Å². The quantitative estimate of drug-likeness (QED) is 0.683. The van der Waals surface area contributed by atoms with Gasteiger partial charge < -0.3 is 9.32 Å². The highest BCUT2D eigenvalue weighted by Gasteiger charge is 2.09. The molecule has 90 valence electrons. The average Bonchev–Trinajstić information content (AvgIpc) is 2.91. The molecule has 0 saturated heterocycles. The summed E-state index contributed by atoms with van der Waals surface area (Å²) < 4.78 is 5.13. The number of furan rings is 1. The van der Waals surface area contributed by atoms with Crippen LogP contribution in [0.5, 0.6) is 0 Å². The van der Waals surface area contributed by atoms with Gasteiger partial charge in [0.2, 0.25) is 0 Å². The Bertz CT molecular complexity index is 672. The first-order valence-electron chi connectivity index (χ1n) is 5.85. The summed E-state index contributed by atoms with van der Waals surface area (Å²) in [7, 11) is 4.09. The molecule has 0 bridgehead atoms. The zero-order valence-electron chi connectivity index (χ0n) is 10.4. The van der Waals surface area contributed by atoms with E-state index < -0.39 is 0 Å². The Morgan fingerprint density at radius 2 is 1.94 bits per heavy atom. The third-order valence-corrected chi connectivity index (χ3v) is 2.99. The van der Waals surface area contributed by atoms with Gasteiger partial charge in [0.1, 0.15) is 0 Å². The van der Waals surface area contributed by atoms with Crippen molar-refractivity contribution in [1.29, 1.82) is 0 Å². The number of hydrogen-bond donors (Lipinski definition) is 0. The maximum Gasteiger partial charge on any atom is 0.0996 e. The lowest BCUT2D eigenvalue weighted by Gasteiger charge is -2.16. The minimum atomic E-state index is 0.936. The van der Waals surface area contributed by atoms with Crippen LogP contribution in [0.3, 0.4) is 0 Å². The number of rotatable bonds is 2. The van der Waals surface area contributed by atoms with Gasteiger partial charge in [-0.1, -0.05) is 18.2 Å². The number of pyridine rings is 1. The summed E-state index contributed by atoms with van der Waals surface area (Å²) in [4.78, 5) is 6.78. The molecule has 2 aromatic heterocycles. The molecule has 0 aliphatic heterocycles. The predicted molar refractivity (Wildman–Crippen MR) is 73.8 cm³/mol. The van der Waals surface area contributed by atoms with Gasteiger partial charge in [-0.3, -0.25) is 0 Å². The van der Waals surface area contributed by atoms with Gasteiger partial charge >= 0.3 is 0 Å². The summed E-state index contributed by atoms with van der Waals surface area (Å²) in [5.41, 5.74) is 4.10. The highest BCUT2D eigenvalue weighted by atomic mass is 16.3. The second-order valence-corrected chi connectivity index (χ2v) is 4.45. The van der Waals surface area contributed by atoms with Crippen LogP contribution in [-0.4, -0.2) is 19.1 Å². The van der Waals surface area contributed by atoms with Crippen LogP contribution in [0.4, 0.5) is 5.69 Å². The van der Waals surface area contributed by atoms with Gasteiger partial charge in [-0.05, 0) is 18.2 Å². The number of fused-ring (bicyclic) bond motifs is 1. The summed E-state index contributed by atoms with van der Waals surface area (Å²) >= 11 is 0. The largest absolute Gasteiger partial charge is 0.472 e. The SMILES string of the molecule is CN(C)c1cc(-c2ccoc2)nc2ccccc12. The van der Waals surface area contributed by atoms with E-state index in [1.807, 2.05) is 38.4 Å². The lowest BCUT2D eigenvalue weighted by atomic mass is 10.1. The second-order valence-electron chi connectivity index (χ2n) is 4.45. The van der Waals surface area contributed by atoms with Crippen LogP contribution >= 0.6 is 0 Å². The number of aromatic nitrogens is 1. The summed E-state index contributed by atoms with van der Waals surface area (Å²) in [6.07, 6.45) is 3.39. The first kappa shape index (κ1) is 10.8. The fraction of sp³-hybridized carbons (Fsp3) is 0.133. The Hall–Kier alpha value is -2.29. The molecule has 0 spiro atoms. The molecule has 3 aromatic rings. The van der Waals surface area contributed by atoms with Gasteiger partial charge in [-0.2, -0.15) is 0 Å². The van der Waals surface area contributed by atoms with Gasteiger partial charge in [0.25, 0.3) is 0 Å². The molecule has 0 fully saturated rings. The van der Waals surface area contributed by atoms with E-state index in [2.05, 4.69) is 22.0 Å². The molecular formula is C15H14N2O. The third-order valence-electron chi connectivity index (χ3n) is 2.99. The molecule has 3 rings (SSSR count). The Morgan fingerprint density at radius 3 is 2.67 bits per heavy atom. The van der Waals surface area contributed by atoms with Gasteiger partial charge in [0, 0.05) is 30.7 Å². The molecule has 3 heteroatoms. The smallest absolute Gasteiger partial charge is 0.0996 e. The molecule has 3 nitrogen and oxygen atoms in total. The number of anilines is 1. The normalized spacial score (nSPS) is 10.8. The van der Waals surface area contributed by atoms with Gasteiger partial charge in [0.15, 0.2) is 0 Å². The number of hydrogen-bond acceptors (Lipinski definition) is 3. The molecule has 0 saturated carbocycles. The highest BCUT2D eigenvalue weighted by Crippen LogP contribution is 2.29. The molecule has 0 unspecified atom stereocenters. The molecule has 0 aliphatic carbocycles. The van der Waals surface area contributed by atoms with E-state index in [1.54, 1.807) is 12.5 Å². The fourth-order valence-electron chi connectivity index (χ4n) is 2.09. The van der Waals surface area contributed by atoms with Crippen LogP contribution < -0.4 is 4.90 Å². The van der Waals surface area contributed by atoms with E-state index >= 15 is 0 Å². The molecule has 0 amide bonds. The Balaban J connectivity index is 2.30. The molecule has 0 radical (unpaired) electrons. The molecule has 0 atom stereocenters. The monoisotopic (exact) mass is 238 g/mol. The van der Waals surface area contributed by atoms with E-state index in [-0.39, 0.29) is 0 Å². The maximum atomic E-state index is 5.13. The van der Waals surface area contributed by atoms with Gasteiger partial charge in [0.05, 0.1) is 23.7 Å². The van der Waals surface area contributed by atoms with Crippen LogP contribution in [0.2, 0.25) is 0 Å². The molecular weight excluding hydrogens is 224 g/mol. The number of para-hydroxylation sites is 1. The van der Waals surface area contributed by atoms with Crippen LogP contribution in [-0.2, 0) is 0 Å². The first-order valence-corrected chi connectivity index (χ1v) is 5.85. The van der Waals surface area contributed by atoms with E-state index in [0.717, 1.165) is 27.8 Å². The van der Waals surface area contributed by atoms with E-state index in [9.17, 15) is 0 Å². The van der Waals surface area contributed by atoms with Crippen molar-refractivity contribution < 1.29 is 4.42 Å². The van der Waals surface area contributed by atoms with Crippen molar-refractivity contribution in [3.63, 3.8) is 0 Å². The molecule has 0 N–H and O–H groups in total. The zero-order chi connectivity index (χ0) is 12.5. The van der Waals surface area contributed by atoms with Crippen molar-refractivity contribution in [1.82, 2.24) is 4.98 Å². The van der Waals surface area contributed by atoms with E-state index in [0.29, 0.717) is 0 Å². The Labute approximate surface area is 106 Å². The Kier molecular flexibility index (Phi) is 2.52. The van der Waals surface area contributed by atoms with E-state index in [1.165, 1.54) is 0 Å². The van der Waals surface area contributed by atoms with Crippen molar-refractivity contribution in [2.24, 2.45) is 0 Å².